The Morgan fingerprint density at radius 3 is 2.45 bits per heavy atom. The normalized spacial score (nSPS) is 12.0. The lowest BCUT2D eigenvalue weighted by Crippen LogP contribution is -2.11. The molecule has 0 aliphatic rings. The highest BCUT2D eigenvalue weighted by molar-refractivity contribution is 7.07. The maximum absolute atomic E-state index is 13.2. The van der Waals surface area contributed by atoms with Crippen molar-refractivity contribution in [1.29, 1.82) is 0 Å². The molecule has 4 nitrogen and oxygen atoms in total. The highest BCUT2D eigenvalue weighted by Crippen LogP contribution is 2.23. The van der Waals surface area contributed by atoms with E-state index in [-0.39, 0.29) is 5.82 Å². The predicted molar refractivity (Wildman–Crippen MR) is 116 cm³/mol. The minimum absolute atomic E-state index is 0.283. The highest BCUT2D eigenvalue weighted by Gasteiger charge is 2.09. The number of aryl methyl sites for hydroxylation is 2. The van der Waals surface area contributed by atoms with Crippen molar-refractivity contribution >= 4 is 23.2 Å². The molecule has 0 aliphatic heterocycles. The van der Waals surface area contributed by atoms with E-state index in [2.05, 4.69) is 47.1 Å². The fourth-order valence-electron chi connectivity index (χ4n) is 2.79. The maximum atomic E-state index is 13.2. The van der Waals surface area contributed by atoms with Gasteiger partial charge in [-0.2, -0.15) is 5.10 Å². The largest absolute Gasteiger partial charge is 0.265 e. The zero-order valence-corrected chi connectivity index (χ0v) is 16.9. The first-order chi connectivity index (χ1) is 14.1. The van der Waals surface area contributed by atoms with E-state index in [0.29, 0.717) is 10.5 Å². The average Bonchev–Trinajstić information content (AvgIpc) is 3.13. The molecular formula is C23H19FN4S. The Hall–Kier alpha value is -3.38. The molecule has 2 aromatic carbocycles. The summed E-state index contributed by atoms with van der Waals surface area (Å²) in [5.41, 5.74) is 6.09. The number of rotatable bonds is 4. The molecule has 0 N–H and O–H groups in total. The molecule has 144 valence electrons. The van der Waals surface area contributed by atoms with E-state index in [1.807, 2.05) is 22.2 Å². The summed E-state index contributed by atoms with van der Waals surface area (Å²) in [6, 6.07) is 16.2. The van der Waals surface area contributed by atoms with Crippen LogP contribution < -0.4 is 4.80 Å². The lowest BCUT2D eigenvalue weighted by molar-refractivity contribution is 0.628. The summed E-state index contributed by atoms with van der Waals surface area (Å²) in [5, 5.41) is 6.72. The van der Waals surface area contributed by atoms with Gasteiger partial charge in [0.25, 0.3) is 0 Å². The van der Waals surface area contributed by atoms with Crippen molar-refractivity contribution in [2.45, 2.75) is 13.8 Å². The van der Waals surface area contributed by atoms with Crippen molar-refractivity contribution in [1.82, 2.24) is 9.66 Å². The van der Waals surface area contributed by atoms with Gasteiger partial charge in [-0.1, -0.05) is 12.1 Å². The topological polar surface area (TPSA) is 42.5 Å². The summed E-state index contributed by atoms with van der Waals surface area (Å²) in [4.78, 5) is 9.41. The summed E-state index contributed by atoms with van der Waals surface area (Å²) < 4.78 is 15.1. The molecule has 0 saturated carbocycles. The van der Waals surface area contributed by atoms with Gasteiger partial charge in [0.15, 0.2) is 0 Å². The zero-order valence-electron chi connectivity index (χ0n) is 16.1. The van der Waals surface area contributed by atoms with Crippen molar-refractivity contribution in [3.05, 3.63) is 99.7 Å². The van der Waals surface area contributed by atoms with E-state index in [1.165, 1.54) is 34.6 Å². The molecule has 0 unspecified atom stereocenters. The van der Waals surface area contributed by atoms with Crippen LogP contribution in [0.15, 0.2) is 82.5 Å². The summed E-state index contributed by atoms with van der Waals surface area (Å²) in [6.45, 7) is 4.19. The van der Waals surface area contributed by atoms with Crippen LogP contribution in [0.2, 0.25) is 0 Å². The van der Waals surface area contributed by atoms with E-state index < -0.39 is 0 Å². The van der Waals surface area contributed by atoms with Gasteiger partial charge in [0.1, 0.15) is 5.82 Å². The van der Waals surface area contributed by atoms with Crippen LogP contribution in [-0.4, -0.2) is 15.9 Å². The smallest absolute Gasteiger partial charge is 0.211 e. The summed E-state index contributed by atoms with van der Waals surface area (Å²) in [7, 11) is 0. The first-order valence-electron chi connectivity index (χ1n) is 9.13. The Balaban J connectivity index is 1.85. The molecule has 2 heterocycles. The number of hydrogen-bond donors (Lipinski definition) is 0. The van der Waals surface area contributed by atoms with Crippen LogP contribution in [0.1, 0.15) is 16.7 Å². The quantitative estimate of drug-likeness (QED) is 0.417. The first kappa shape index (κ1) is 19.0. The molecule has 0 saturated heterocycles. The Kier molecular flexibility index (Phi) is 5.44. The number of aromatic nitrogens is 2. The van der Waals surface area contributed by atoms with Gasteiger partial charge in [0.05, 0.1) is 17.6 Å². The minimum atomic E-state index is -0.283. The predicted octanol–water partition coefficient (Wildman–Crippen LogP) is 5.48. The first-order valence-corrected chi connectivity index (χ1v) is 10.0. The van der Waals surface area contributed by atoms with Crippen LogP contribution in [0.4, 0.5) is 10.1 Å². The average molecular weight is 402 g/mol. The molecule has 0 bridgehead atoms. The van der Waals surface area contributed by atoms with Gasteiger partial charge < -0.3 is 0 Å². The second-order valence-electron chi connectivity index (χ2n) is 6.63. The second kappa shape index (κ2) is 8.32. The van der Waals surface area contributed by atoms with E-state index in [4.69, 9.17) is 0 Å². The third-order valence-electron chi connectivity index (χ3n) is 4.57. The molecule has 0 aliphatic carbocycles. The van der Waals surface area contributed by atoms with E-state index in [1.54, 1.807) is 30.7 Å². The Labute approximate surface area is 172 Å². The van der Waals surface area contributed by atoms with Crippen molar-refractivity contribution in [3.63, 3.8) is 0 Å². The fraction of sp³-hybridized carbons (Fsp3) is 0.0870. The van der Waals surface area contributed by atoms with Gasteiger partial charge in [0, 0.05) is 23.3 Å². The van der Waals surface area contributed by atoms with Crippen LogP contribution in [0.5, 0.6) is 0 Å². The number of pyridine rings is 1. The van der Waals surface area contributed by atoms with Gasteiger partial charge in [-0.3, -0.25) is 4.98 Å². The lowest BCUT2D eigenvalue weighted by Gasteiger charge is -2.06. The van der Waals surface area contributed by atoms with Crippen molar-refractivity contribution in [3.8, 4) is 11.3 Å². The highest BCUT2D eigenvalue weighted by atomic mass is 32.1. The monoisotopic (exact) mass is 402 g/mol. The third kappa shape index (κ3) is 4.38. The van der Waals surface area contributed by atoms with Gasteiger partial charge >= 0.3 is 0 Å². The standard InChI is InChI=1S/C23H19FN4S/c1-16-3-4-19(13-17(16)2)22-15-29-23(27-21-7-5-20(24)6-8-21)28(22)26-14-18-9-11-25-12-10-18/h3-15H,1-2H3/b26-14-,27-23?. The fourth-order valence-corrected chi connectivity index (χ4v) is 3.64. The van der Waals surface area contributed by atoms with Gasteiger partial charge in [-0.15, -0.1) is 11.3 Å². The molecular weight excluding hydrogens is 383 g/mol. The minimum Gasteiger partial charge on any atom is -0.265 e. The number of hydrogen-bond acceptors (Lipinski definition) is 4. The number of nitrogens with zero attached hydrogens (tertiary/aromatic N) is 4. The molecule has 0 amide bonds. The van der Waals surface area contributed by atoms with Crippen LogP contribution >= 0.6 is 11.3 Å². The molecule has 0 spiro atoms. The van der Waals surface area contributed by atoms with E-state index in [0.717, 1.165) is 16.8 Å². The lowest BCUT2D eigenvalue weighted by atomic mass is 10.1. The van der Waals surface area contributed by atoms with E-state index >= 15 is 0 Å². The van der Waals surface area contributed by atoms with Crippen LogP contribution in [-0.2, 0) is 0 Å². The van der Waals surface area contributed by atoms with Crippen molar-refractivity contribution in [2.75, 3.05) is 0 Å². The number of thiazole rings is 1. The Morgan fingerprint density at radius 1 is 0.966 bits per heavy atom. The number of halogens is 1. The molecule has 6 heteroatoms. The second-order valence-corrected chi connectivity index (χ2v) is 7.46. The maximum Gasteiger partial charge on any atom is 0.211 e. The Bertz CT molecular complexity index is 1220. The SMILES string of the molecule is Cc1ccc(-c2csc(=Nc3ccc(F)cc3)n2/N=C\c2ccncc2)cc1C. The number of benzene rings is 2. The van der Waals surface area contributed by atoms with Crippen molar-refractivity contribution in [2.24, 2.45) is 10.1 Å². The third-order valence-corrected chi connectivity index (χ3v) is 5.38. The molecule has 0 atom stereocenters. The molecule has 0 fully saturated rings. The Morgan fingerprint density at radius 2 is 1.72 bits per heavy atom. The van der Waals surface area contributed by atoms with Crippen LogP contribution in [0, 0.1) is 19.7 Å². The van der Waals surface area contributed by atoms with Gasteiger partial charge in [-0.05, 0) is 73.0 Å². The van der Waals surface area contributed by atoms with Gasteiger partial charge in [0.2, 0.25) is 4.80 Å². The van der Waals surface area contributed by atoms with Crippen LogP contribution in [0.25, 0.3) is 11.3 Å². The summed E-state index contributed by atoms with van der Waals surface area (Å²) in [5.74, 6) is -0.283. The summed E-state index contributed by atoms with van der Waals surface area (Å²) in [6.07, 6.45) is 5.24. The van der Waals surface area contributed by atoms with Crippen molar-refractivity contribution < 1.29 is 4.39 Å². The summed E-state index contributed by atoms with van der Waals surface area (Å²) >= 11 is 1.49. The zero-order chi connectivity index (χ0) is 20.2. The molecule has 0 radical (unpaired) electrons. The molecule has 4 rings (SSSR count). The molecule has 4 aromatic rings. The molecule has 29 heavy (non-hydrogen) atoms. The van der Waals surface area contributed by atoms with E-state index in [9.17, 15) is 4.39 Å². The molecule has 2 aromatic heterocycles. The van der Waals surface area contributed by atoms with Gasteiger partial charge in [-0.25, -0.2) is 14.1 Å². The van der Waals surface area contributed by atoms with Crippen LogP contribution in [0.3, 0.4) is 0 Å².